The molecule has 32 heavy (non-hydrogen) atoms. The van der Waals surface area contributed by atoms with Crippen molar-refractivity contribution in [1.29, 1.82) is 0 Å². The van der Waals surface area contributed by atoms with Crippen LogP contribution in [0, 0.1) is 0 Å². The summed E-state index contributed by atoms with van der Waals surface area (Å²) < 4.78 is 3.33. The van der Waals surface area contributed by atoms with Gasteiger partial charge in [-0.05, 0) is 12.0 Å². The summed E-state index contributed by atoms with van der Waals surface area (Å²) in [6, 6.07) is 10.1. The van der Waals surface area contributed by atoms with Crippen LogP contribution in [-0.4, -0.2) is 19.1 Å². The van der Waals surface area contributed by atoms with E-state index in [0.717, 1.165) is 18.4 Å². The van der Waals surface area contributed by atoms with Crippen molar-refractivity contribution >= 4 is 17.1 Å². The quantitative estimate of drug-likeness (QED) is 0.348. The number of benzene rings is 1. The number of H-pyrrole nitrogens is 1. The van der Waals surface area contributed by atoms with Gasteiger partial charge >= 0.3 is 5.69 Å². The normalized spacial score (nSPS) is 11.3. The van der Waals surface area contributed by atoms with E-state index in [-0.39, 0.29) is 5.56 Å². The third-order valence-electron chi connectivity index (χ3n) is 6.04. The Labute approximate surface area is 189 Å². The number of aryl methyl sites for hydroxylation is 2. The highest BCUT2D eigenvalue weighted by Crippen LogP contribution is 2.18. The Morgan fingerprint density at radius 3 is 2.19 bits per heavy atom. The van der Waals surface area contributed by atoms with Gasteiger partial charge in [-0.1, -0.05) is 95.0 Å². The molecule has 1 aromatic carbocycles. The molecule has 0 amide bonds. The van der Waals surface area contributed by atoms with Crippen LogP contribution in [0.5, 0.6) is 0 Å². The van der Waals surface area contributed by atoms with E-state index in [1.807, 2.05) is 34.9 Å². The van der Waals surface area contributed by atoms with Crippen molar-refractivity contribution < 1.29 is 0 Å². The van der Waals surface area contributed by atoms with E-state index < -0.39 is 5.69 Å². The van der Waals surface area contributed by atoms with Crippen molar-refractivity contribution in [3.05, 3.63) is 56.7 Å². The summed E-state index contributed by atoms with van der Waals surface area (Å²) in [6.07, 6.45) is 12.6. The van der Waals surface area contributed by atoms with Gasteiger partial charge in [0, 0.05) is 20.1 Å². The van der Waals surface area contributed by atoms with E-state index in [4.69, 9.17) is 0 Å². The molecule has 0 saturated carbocycles. The average Bonchev–Trinajstić information content (AvgIpc) is 3.17. The second-order valence-corrected chi connectivity index (χ2v) is 8.60. The molecule has 0 radical (unpaired) electrons. The molecule has 174 valence electrons. The molecule has 2 N–H and O–H groups in total. The van der Waals surface area contributed by atoms with E-state index in [1.165, 1.54) is 55.9 Å². The Hall–Kier alpha value is -2.83. The van der Waals surface area contributed by atoms with Gasteiger partial charge in [-0.3, -0.25) is 14.3 Å². The molecule has 7 nitrogen and oxygen atoms in total. The van der Waals surface area contributed by atoms with Crippen LogP contribution in [0.3, 0.4) is 0 Å². The van der Waals surface area contributed by atoms with Crippen LogP contribution in [0.4, 0.5) is 5.95 Å². The summed E-state index contributed by atoms with van der Waals surface area (Å²) in [6.45, 7) is 3.55. The maximum atomic E-state index is 12.6. The molecular weight excluding hydrogens is 402 g/mol. The number of aromatic amines is 1. The van der Waals surface area contributed by atoms with Crippen molar-refractivity contribution in [1.82, 2.24) is 19.1 Å². The van der Waals surface area contributed by atoms with E-state index in [2.05, 4.69) is 22.2 Å². The van der Waals surface area contributed by atoms with Gasteiger partial charge in [0.1, 0.15) is 0 Å². The minimum absolute atomic E-state index is 0.379. The highest BCUT2D eigenvalue weighted by Gasteiger charge is 2.17. The molecular formula is C25H37N5O2. The smallest absolute Gasteiger partial charge is 0.329 e. The number of nitrogens with zero attached hydrogens (tertiary/aromatic N) is 3. The number of fused-ring (bicyclic) bond motifs is 1. The van der Waals surface area contributed by atoms with Gasteiger partial charge in [-0.2, -0.15) is 4.98 Å². The number of rotatable bonds is 14. The summed E-state index contributed by atoms with van der Waals surface area (Å²) in [5.41, 5.74) is 1.18. The Morgan fingerprint density at radius 1 is 0.906 bits per heavy atom. The molecule has 0 aliphatic heterocycles. The number of anilines is 1. The third-order valence-corrected chi connectivity index (χ3v) is 6.04. The number of unbranched alkanes of at least 4 members (excludes halogenated alkanes) is 9. The van der Waals surface area contributed by atoms with E-state index in [0.29, 0.717) is 30.2 Å². The number of aromatic nitrogens is 4. The van der Waals surface area contributed by atoms with Gasteiger partial charge < -0.3 is 9.88 Å². The highest BCUT2D eigenvalue weighted by atomic mass is 16.2. The molecule has 0 spiro atoms. The molecule has 7 heteroatoms. The van der Waals surface area contributed by atoms with Gasteiger partial charge in [-0.25, -0.2) is 4.79 Å². The highest BCUT2D eigenvalue weighted by molar-refractivity contribution is 5.74. The van der Waals surface area contributed by atoms with Crippen molar-refractivity contribution in [2.45, 2.75) is 84.2 Å². The molecule has 0 aliphatic rings. The van der Waals surface area contributed by atoms with Gasteiger partial charge in [0.05, 0.1) is 0 Å². The van der Waals surface area contributed by atoms with Crippen molar-refractivity contribution in [3.63, 3.8) is 0 Å². The van der Waals surface area contributed by atoms with Crippen molar-refractivity contribution in [2.24, 2.45) is 7.05 Å². The lowest BCUT2D eigenvalue weighted by Crippen LogP contribution is -2.29. The van der Waals surface area contributed by atoms with Crippen LogP contribution in [0.1, 0.15) is 76.7 Å². The first kappa shape index (κ1) is 23.8. The lowest BCUT2D eigenvalue weighted by molar-refractivity contribution is 0.538. The zero-order valence-corrected chi connectivity index (χ0v) is 19.5. The third kappa shape index (κ3) is 6.34. The molecule has 0 unspecified atom stereocenters. The van der Waals surface area contributed by atoms with Gasteiger partial charge in [-0.15, -0.1) is 0 Å². The van der Waals surface area contributed by atoms with E-state index in [1.54, 1.807) is 7.05 Å². The van der Waals surface area contributed by atoms with E-state index in [9.17, 15) is 9.59 Å². The molecule has 0 saturated heterocycles. The van der Waals surface area contributed by atoms with Crippen LogP contribution in [0.2, 0.25) is 0 Å². The second-order valence-electron chi connectivity index (χ2n) is 8.60. The average molecular weight is 440 g/mol. The first-order valence-corrected chi connectivity index (χ1v) is 12.1. The van der Waals surface area contributed by atoms with Crippen molar-refractivity contribution in [2.75, 3.05) is 5.32 Å². The first-order chi connectivity index (χ1) is 15.6. The first-order valence-electron chi connectivity index (χ1n) is 12.1. The summed E-state index contributed by atoms with van der Waals surface area (Å²) in [5.74, 6) is 0.631. The molecule has 3 rings (SSSR count). The Kier molecular flexibility index (Phi) is 9.13. The molecule has 3 aromatic rings. The Bertz CT molecular complexity index is 1080. The van der Waals surface area contributed by atoms with Crippen LogP contribution in [0.25, 0.3) is 11.2 Å². The summed E-state index contributed by atoms with van der Waals surface area (Å²) in [5, 5.41) is 3.36. The molecule has 2 aromatic heterocycles. The topological polar surface area (TPSA) is 84.7 Å². The standard InChI is InChI=1S/C25H37N5O2/c1-3-4-5-6-7-8-9-10-11-15-18-30-21-22(29(2)25(32)28-23(21)31)27-24(30)26-19-20-16-13-12-14-17-20/h12-14,16-17H,3-11,15,18-19H2,1-2H3,(H,26,27)(H,28,31,32). The zero-order valence-electron chi connectivity index (χ0n) is 19.5. The Morgan fingerprint density at radius 2 is 1.53 bits per heavy atom. The van der Waals surface area contributed by atoms with Crippen LogP contribution >= 0.6 is 0 Å². The van der Waals surface area contributed by atoms with Crippen molar-refractivity contribution in [3.8, 4) is 0 Å². The van der Waals surface area contributed by atoms with Gasteiger partial charge in [0.2, 0.25) is 5.95 Å². The van der Waals surface area contributed by atoms with E-state index >= 15 is 0 Å². The maximum absolute atomic E-state index is 12.6. The predicted molar refractivity (Wildman–Crippen MR) is 131 cm³/mol. The summed E-state index contributed by atoms with van der Waals surface area (Å²) >= 11 is 0. The molecule has 0 bridgehead atoms. The van der Waals surface area contributed by atoms with Crippen LogP contribution in [0.15, 0.2) is 39.9 Å². The van der Waals surface area contributed by atoms with Crippen LogP contribution < -0.4 is 16.6 Å². The summed E-state index contributed by atoms with van der Waals surface area (Å²) in [4.78, 5) is 31.6. The number of nitrogens with one attached hydrogen (secondary N) is 2. The zero-order chi connectivity index (χ0) is 22.8. The molecule has 2 heterocycles. The fraction of sp³-hybridized carbons (Fsp3) is 0.560. The lowest BCUT2D eigenvalue weighted by Gasteiger charge is -2.10. The second kappa shape index (κ2) is 12.3. The van der Waals surface area contributed by atoms with Gasteiger partial charge in [0.25, 0.3) is 5.56 Å². The monoisotopic (exact) mass is 439 g/mol. The predicted octanol–water partition coefficient (Wildman–Crippen LogP) is 4.96. The number of hydrogen-bond donors (Lipinski definition) is 2. The number of imidazole rings is 1. The largest absolute Gasteiger partial charge is 0.352 e. The fourth-order valence-electron chi connectivity index (χ4n) is 4.12. The number of hydrogen-bond acceptors (Lipinski definition) is 4. The lowest BCUT2D eigenvalue weighted by atomic mass is 10.1. The summed E-state index contributed by atoms with van der Waals surface area (Å²) in [7, 11) is 1.64. The molecule has 0 atom stereocenters. The Balaban J connectivity index is 1.62. The van der Waals surface area contributed by atoms with Gasteiger partial charge in [0.15, 0.2) is 11.2 Å². The maximum Gasteiger partial charge on any atom is 0.329 e. The molecule has 0 aliphatic carbocycles. The van der Waals surface area contributed by atoms with Crippen LogP contribution in [-0.2, 0) is 20.1 Å². The SMILES string of the molecule is CCCCCCCCCCCCn1c(NCc2ccccc2)nc2c1c(=O)[nH]c(=O)n2C. The minimum atomic E-state index is -0.444. The minimum Gasteiger partial charge on any atom is -0.352 e. The molecule has 0 fully saturated rings. The fourth-order valence-corrected chi connectivity index (χ4v) is 4.12.